The lowest BCUT2D eigenvalue weighted by Crippen LogP contribution is -2.39. The van der Waals surface area contributed by atoms with E-state index in [2.05, 4.69) is 72.2 Å². The van der Waals surface area contributed by atoms with Crippen LogP contribution in [-0.4, -0.2) is 54.0 Å². The van der Waals surface area contributed by atoms with E-state index < -0.39 is 12.1 Å². The number of aldehydes is 1. The first-order valence-corrected chi connectivity index (χ1v) is 11.4. The molecular weight excluding hydrogens is 460 g/mol. The Kier molecular flexibility index (Phi) is 7.54. The zero-order valence-electron chi connectivity index (χ0n) is 18.5. The number of aromatic amines is 1. The van der Waals surface area contributed by atoms with Crippen molar-refractivity contribution >= 4 is 28.3 Å². The Bertz CT molecular complexity index is 892. The van der Waals surface area contributed by atoms with Crippen LogP contribution in [0.5, 0.6) is 0 Å². The Hall–Kier alpha value is -2.19. The van der Waals surface area contributed by atoms with Crippen molar-refractivity contribution in [3.8, 4) is 11.3 Å². The quantitative estimate of drug-likeness (QED) is 0.599. The van der Waals surface area contributed by atoms with Gasteiger partial charge >= 0.3 is 6.09 Å². The van der Waals surface area contributed by atoms with E-state index in [1.807, 2.05) is 20.0 Å². The van der Waals surface area contributed by atoms with Crippen LogP contribution in [0.15, 0.2) is 34.9 Å². The second-order valence-corrected chi connectivity index (χ2v) is 9.78. The van der Waals surface area contributed by atoms with Crippen LogP contribution in [0.2, 0.25) is 0 Å². The summed E-state index contributed by atoms with van der Waals surface area (Å²) in [5.74, 6) is 1.21. The largest absolute Gasteiger partial charge is 0.453 e. The highest BCUT2D eigenvalue weighted by Crippen LogP contribution is 2.57. The number of ether oxygens (including phenoxy) is 1. The standard InChI is InChI=1S/C16H18BrN3.C7H13NO3/c1-20-10-16(6-7-16)8-14(20)15-18-9-13(19-15)11-2-4-12(17)5-3-11;1-5(2)6(4-9)8-7(10)11-3/h2-5,9,14H,6-8,10H2,1H3,(H,18,19);4-6H,1-3H3,(H,8,10). The summed E-state index contributed by atoms with van der Waals surface area (Å²) in [6, 6.07) is 8.36. The van der Waals surface area contributed by atoms with Gasteiger partial charge in [-0.3, -0.25) is 4.90 Å². The minimum Gasteiger partial charge on any atom is -0.453 e. The highest BCUT2D eigenvalue weighted by Gasteiger charge is 2.51. The fourth-order valence-electron chi connectivity index (χ4n) is 3.95. The number of hydrogen-bond acceptors (Lipinski definition) is 5. The van der Waals surface area contributed by atoms with Gasteiger partial charge in [0.1, 0.15) is 12.1 Å². The number of halogens is 1. The van der Waals surface area contributed by atoms with Crippen molar-refractivity contribution < 1.29 is 14.3 Å². The maximum Gasteiger partial charge on any atom is 0.407 e. The van der Waals surface area contributed by atoms with Gasteiger partial charge in [-0.15, -0.1) is 0 Å². The second-order valence-electron chi connectivity index (χ2n) is 8.87. The number of rotatable bonds is 5. The van der Waals surface area contributed by atoms with Crippen LogP contribution in [0.25, 0.3) is 11.3 Å². The number of methoxy groups -OCH3 is 1. The highest BCUT2D eigenvalue weighted by atomic mass is 79.9. The molecular formula is C23H31BrN4O3. The van der Waals surface area contributed by atoms with Crippen molar-refractivity contribution in [2.75, 3.05) is 20.7 Å². The van der Waals surface area contributed by atoms with Crippen LogP contribution in [-0.2, 0) is 9.53 Å². The predicted octanol–water partition coefficient (Wildman–Crippen LogP) is 4.56. The normalized spacial score (nSPS) is 20.1. The number of likely N-dealkylation sites (tertiary alicyclic amines) is 1. The van der Waals surface area contributed by atoms with E-state index in [4.69, 9.17) is 0 Å². The minimum atomic E-state index is -0.573. The Morgan fingerprint density at radius 1 is 1.35 bits per heavy atom. The Balaban J connectivity index is 0.000000214. The lowest BCUT2D eigenvalue weighted by molar-refractivity contribution is -0.110. The number of amides is 1. The summed E-state index contributed by atoms with van der Waals surface area (Å²) in [5.41, 5.74) is 2.91. The molecule has 1 aromatic heterocycles. The molecule has 4 rings (SSSR count). The number of imidazole rings is 1. The fraction of sp³-hybridized carbons (Fsp3) is 0.522. The van der Waals surface area contributed by atoms with Crippen molar-refractivity contribution in [2.24, 2.45) is 11.3 Å². The van der Waals surface area contributed by atoms with Crippen LogP contribution >= 0.6 is 15.9 Å². The summed E-state index contributed by atoms with van der Waals surface area (Å²) in [6.07, 6.45) is 6.14. The first-order chi connectivity index (χ1) is 14.8. The Morgan fingerprint density at radius 2 is 2.03 bits per heavy atom. The molecule has 2 aromatic rings. The average molecular weight is 491 g/mol. The number of nitrogens with zero attached hydrogens (tertiary/aromatic N) is 2. The summed E-state index contributed by atoms with van der Waals surface area (Å²) in [5, 5.41) is 2.39. The number of carbonyl (C=O) groups excluding carboxylic acids is 2. The van der Waals surface area contributed by atoms with Gasteiger partial charge in [0.25, 0.3) is 0 Å². The first kappa shape index (κ1) is 23.5. The number of carbonyl (C=O) groups is 2. The van der Waals surface area contributed by atoms with E-state index in [0.717, 1.165) is 16.0 Å². The molecule has 1 saturated heterocycles. The molecule has 0 radical (unpaired) electrons. The zero-order valence-corrected chi connectivity index (χ0v) is 20.1. The molecule has 1 saturated carbocycles. The Labute approximate surface area is 192 Å². The molecule has 8 heteroatoms. The SMILES string of the molecule is CN1CC2(CC2)CC1c1ncc(-c2ccc(Br)cc2)[nH]1.COC(=O)NC(C=O)C(C)C. The molecule has 1 aliphatic heterocycles. The van der Waals surface area contributed by atoms with Crippen molar-refractivity contribution in [2.45, 2.75) is 45.2 Å². The van der Waals surface area contributed by atoms with E-state index in [1.54, 1.807) is 0 Å². The second kappa shape index (κ2) is 9.96. The number of aromatic nitrogens is 2. The average Bonchev–Trinajstić information content (AvgIpc) is 3.18. The molecule has 2 heterocycles. The summed E-state index contributed by atoms with van der Waals surface area (Å²) < 4.78 is 5.43. The molecule has 31 heavy (non-hydrogen) atoms. The Morgan fingerprint density at radius 3 is 2.55 bits per heavy atom. The topological polar surface area (TPSA) is 87.3 Å². The van der Waals surface area contributed by atoms with Crippen LogP contribution < -0.4 is 5.32 Å². The number of nitrogens with one attached hydrogen (secondary N) is 2. The molecule has 0 bridgehead atoms. The van der Waals surface area contributed by atoms with Crippen LogP contribution in [0.4, 0.5) is 4.79 Å². The van der Waals surface area contributed by atoms with Crippen LogP contribution in [0.3, 0.4) is 0 Å². The summed E-state index contributed by atoms with van der Waals surface area (Å²) in [7, 11) is 3.48. The lowest BCUT2D eigenvalue weighted by Gasteiger charge is -2.16. The molecule has 1 aromatic carbocycles. The molecule has 2 unspecified atom stereocenters. The monoisotopic (exact) mass is 490 g/mol. The van der Waals surface area contributed by atoms with E-state index >= 15 is 0 Å². The molecule has 7 nitrogen and oxygen atoms in total. The molecule has 2 N–H and O–H groups in total. The smallest absolute Gasteiger partial charge is 0.407 e. The molecule has 2 atom stereocenters. The van der Waals surface area contributed by atoms with Gasteiger partial charge in [0.2, 0.25) is 0 Å². The van der Waals surface area contributed by atoms with Gasteiger partial charge in [0.05, 0.1) is 31.1 Å². The number of hydrogen-bond donors (Lipinski definition) is 2. The predicted molar refractivity (Wildman–Crippen MR) is 124 cm³/mol. The van der Waals surface area contributed by atoms with E-state index in [9.17, 15) is 9.59 Å². The zero-order chi connectivity index (χ0) is 22.6. The lowest BCUT2D eigenvalue weighted by atomic mass is 10.0. The molecule has 1 spiro atoms. The molecule has 1 aliphatic carbocycles. The van der Waals surface area contributed by atoms with Gasteiger partial charge in [-0.25, -0.2) is 9.78 Å². The number of H-pyrrole nitrogens is 1. The van der Waals surface area contributed by atoms with E-state index in [-0.39, 0.29) is 5.92 Å². The number of benzene rings is 1. The maximum atomic E-state index is 10.6. The maximum absolute atomic E-state index is 10.6. The van der Waals surface area contributed by atoms with Gasteiger partial charge in [0.15, 0.2) is 0 Å². The van der Waals surface area contributed by atoms with E-state index in [1.165, 1.54) is 38.5 Å². The highest BCUT2D eigenvalue weighted by molar-refractivity contribution is 9.10. The van der Waals surface area contributed by atoms with Crippen LogP contribution in [0, 0.1) is 11.3 Å². The third-order valence-corrected chi connectivity index (χ3v) is 6.63. The molecule has 168 valence electrons. The van der Waals surface area contributed by atoms with Gasteiger partial charge in [0, 0.05) is 11.0 Å². The molecule has 1 amide bonds. The number of alkyl carbamates (subject to hydrolysis) is 1. The van der Waals surface area contributed by atoms with Crippen molar-refractivity contribution in [1.82, 2.24) is 20.2 Å². The molecule has 2 aliphatic rings. The molecule has 2 fully saturated rings. The minimum absolute atomic E-state index is 0.0894. The summed E-state index contributed by atoms with van der Waals surface area (Å²) >= 11 is 3.47. The van der Waals surface area contributed by atoms with Gasteiger partial charge in [-0.05, 0) is 55.3 Å². The van der Waals surface area contributed by atoms with Crippen LogP contribution in [0.1, 0.15) is 45.0 Å². The summed E-state index contributed by atoms with van der Waals surface area (Å²) in [6.45, 7) is 4.91. The van der Waals surface area contributed by atoms with Crippen molar-refractivity contribution in [1.29, 1.82) is 0 Å². The van der Waals surface area contributed by atoms with Gasteiger partial charge in [-0.2, -0.15) is 0 Å². The van der Waals surface area contributed by atoms with E-state index in [0.29, 0.717) is 17.7 Å². The third kappa shape index (κ3) is 5.95. The summed E-state index contributed by atoms with van der Waals surface area (Å²) in [4.78, 5) is 31.5. The fourth-order valence-corrected chi connectivity index (χ4v) is 4.21. The first-order valence-electron chi connectivity index (χ1n) is 10.6. The third-order valence-electron chi connectivity index (χ3n) is 6.10. The van der Waals surface area contributed by atoms with Gasteiger partial charge < -0.3 is 19.8 Å². The van der Waals surface area contributed by atoms with Gasteiger partial charge in [-0.1, -0.05) is 41.9 Å². The van der Waals surface area contributed by atoms with Crippen molar-refractivity contribution in [3.05, 3.63) is 40.8 Å². The van der Waals surface area contributed by atoms with Crippen molar-refractivity contribution in [3.63, 3.8) is 0 Å².